The smallest absolute Gasteiger partial charge is 0.338 e. The lowest BCUT2D eigenvalue weighted by Crippen LogP contribution is -2.27. The van der Waals surface area contributed by atoms with E-state index in [2.05, 4.69) is 5.32 Å². The number of hydrogen-bond acceptors (Lipinski definition) is 5. The van der Waals surface area contributed by atoms with Gasteiger partial charge in [0.1, 0.15) is 0 Å². The molecule has 2 aromatic rings. The highest BCUT2D eigenvalue weighted by molar-refractivity contribution is 7.92. The predicted molar refractivity (Wildman–Crippen MR) is 108 cm³/mol. The number of aryl methyl sites for hydroxylation is 1. The molecule has 2 aromatic carbocycles. The van der Waals surface area contributed by atoms with E-state index < -0.39 is 16.0 Å². The van der Waals surface area contributed by atoms with E-state index in [1.54, 1.807) is 30.3 Å². The number of fused-ring (bicyclic) bond motifs is 1. The van der Waals surface area contributed by atoms with Crippen molar-refractivity contribution < 1.29 is 22.7 Å². The van der Waals surface area contributed by atoms with Crippen molar-refractivity contribution in [2.45, 2.75) is 20.3 Å². The number of nitrogens with zero attached hydrogens (tertiary/aromatic N) is 1. The van der Waals surface area contributed by atoms with Crippen LogP contribution in [0.1, 0.15) is 37.4 Å². The Bertz CT molecular complexity index is 1080. The number of sulfonamides is 1. The molecule has 0 aliphatic carbocycles. The molecular weight excluding hydrogens is 380 g/mol. The van der Waals surface area contributed by atoms with E-state index >= 15 is 0 Å². The second-order valence-electron chi connectivity index (χ2n) is 6.84. The normalized spacial score (nSPS) is 13.2. The van der Waals surface area contributed by atoms with Gasteiger partial charge in [0, 0.05) is 17.8 Å². The van der Waals surface area contributed by atoms with Crippen molar-refractivity contribution in [1.82, 2.24) is 0 Å². The summed E-state index contributed by atoms with van der Waals surface area (Å²) in [5, 5.41) is 2.80. The van der Waals surface area contributed by atoms with Crippen LogP contribution in [-0.2, 0) is 21.2 Å². The Morgan fingerprint density at radius 1 is 1.14 bits per heavy atom. The van der Waals surface area contributed by atoms with E-state index in [-0.39, 0.29) is 5.91 Å². The first kappa shape index (κ1) is 19.9. The van der Waals surface area contributed by atoms with Gasteiger partial charge in [-0.2, -0.15) is 0 Å². The maximum absolute atomic E-state index is 12.7. The average Bonchev–Trinajstić information content (AvgIpc) is 3.07. The van der Waals surface area contributed by atoms with Crippen LogP contribution in [0.4, 0.5) is 11.4 Å². The molecule has 0 fully saturated rings. The molecule has 0 radical (unpaired) electrons. The zero-order valence-electron chi connectivity index (χ0n) is 16.2. The Balaban J connectivity index is 1.87. The van der Waals surface area contributed by atoms with Gasteiger partial charge in [0.15, 0.2) is 0 Å². The summed E-state index contributed by atoms with van der Waals surface area (Å²) in [5.74, 6) is -0.797. The first-order chi connectivity index (χ1) is 13.1. The van der Waals surface area contributed by atoms with E-state index in [9.17, 15) is 18.0 Å². The highest BCUT2D eigenvalue weighted by atomic mass is 32.2. The third-order valence-corrected chi connectivity index (χ3v) is 6.11. The van der Waals surface area contributed by atoms with Gasteiger partial charge in [-0.15, -0.1) is 0 Å². The number of nitrogens with one attached hydrogen (secondary N) is 1. The van der Waals surface area contributed by atoms with Gasteiger partial charge in [-0.1, -0.05) is 0 Å². The minimum Gasteiger partial charge on any atom is -0.465 e. The molecule has 7 nitrogen and oxygen atoms in total. The third-order valence-electron chi connectivity index (χ3n) is 4.93. The van der Waals surface area contributed by atoms with Crippen molar-refractivity contribution in [3.63, 3.8) is 0 Å². The topological polar surface area (TPSA) is 92.8 Å². The van der Waals surface area contributed by atoms with Gasteiger partial charge in [-0.25, -0.2) is 13.2 Å². The lowest BCUT2D eigenvalue weighted by atomic mass is 10.0. The van der Waals surface area contributed by atoms with Crippen LogP contribution in [0.5, 0.6) is 0 Å². The van der Waals surface area contributed by atoms with Gasteiger partial charge < -0.3 is 10.1 Å². The van der Waals surface area contributed by atoms with Crippen molar-refractivity contribution >= 4 is 33.3 Å². The van der Waals surface area contributed by atoms with Crippen LogP contribution in [0.2, 0.25) is 0 Å². The Morgan fingerprint density at radius 3 is 2.50 bits per heavy atom. The number of benzene rings is 2. The first-order valence-corrected chi connectivity index (χ1v) is 10.6. The molecule has 0 saturated carbocycles. The number of rotatable bonds is 4. The van der Waals surface area contributed by atoms with Gasteiger partial charge >= 0.3 is 5.97 Å². The Morgan fingerprint density at radius 2 is 1.86 bits per heavy atom. The molecule has 0 aromatic heterocycles. The lowest BCUT2D eigenvalue weighted by Gasteiger charge is -2.16. The Hall–Kier alpha value is -2.87. The van der Waals surface area contributed by atoms with E-state index in [4.69, 9.17) is 4.74 Å². The van der Waals surface area contributed by atoms with Gasteiger partial charge in [0.25, 0.3) is 5.91 Å². The molecule has 148 valence electrons. The fraction of sp³-hybridized carbons (Fsp3) is 0.300. The number of carbonyl (C=O) groups excluding carboxylic acids is 2. The molecule has 0 unspecified atom stereocenters. The van der Waals surface area contributed by atoms with Gasteiger partial charge in [0.2, 0.25) is 10.0 Å². The molecule has 3 rings (SSSR count). The second-order valence-corrected chi connectivity index (χ2v) is 8.75. The molecule has 28 heavy (non-hydrogen) atoms. The maximum atomic E-state index is 12.7. The van der Waals surface area contributed by atoms with E-state index in [0.717, 1.165) is 16.7 Å². The summed E-state index contributed by atoms with van der Waals surface area (Å²) in [4.78, 5) is 24.6. The SMILES string of the molecule is COC(=O)c1cc(NC(=O)c2ccc3c(c2)CCN3S(C)(=O)=O)cc(C)c1C. The Labute approximate surface area is 164 Å². The van der Waals surface area contributed by atoms with Crippen molar-refractivity contribution in [3.05, 3.63) is 58.1 Å². The van der Waals surface area contributed by atoms with Gasteiger partial charge in [0.05, 0.1) is 24.6 Å². The monoisotopic (exact) mass is 402 g/mol. The molecule has 8 heteroatoms. The summed E-state index contributed by atoms with van der Waals surface area (Å²) >= 11 is 0. The summed E-state index contributed by atoms with van der Waals surface area (Å²) in [5.41, 5.74) is 4.39. The fourth-order valence-corrected chi connectivity index (χ4v) is 4.27. The third kappa shape index (κ3) is 3.73. The van der Waals surface area contributed by atoms with Crippen LogP contribution in [0.15, 0.2) is 30.3 Å². The summed E-state index contributed by atoms with van der Waals surface area (Å²) in [6.07, 6.45) is 1.72. The van der Waals surface area contributed by atoms with Crippen LogP contribution in [0.25, 0.3) is 0 Å². The minimum absolute atomic E-state index is 0.334. The number of anilines is 2. The zero-order valence-corrected chi connectivity index (χ0v) is 17.0. The van der Waals surface area contributed by atoms with Crippen LogP contribution < -0.4 is 9.62 Å². The summed E-state index contributed by atoms with van der Waals surface area (Å²) in [6.45, 7) is 4.05. The standard InChI is InChI=1S/C20H22N2O5S/c1-12-9-16(11-17(13(12)2)20(24)27-3)21-19(23)15-5-6-18-14(10-15)7-8-22(18)28(4,25)26/h5-6,9-11H,7-8H2,1-4H3,(H,21,23). The van der Waals surface area contributed by atoms with Gasteiger partial charge in [-0.05, 0) is 67.3 Å². The number of hydrogen-bond donors (Lipinski definition) is 1. The highest BCUT2D eigenvalue weighted by Gasteiger charge is 2.26. The van der Waals surface area contributed by atoms with Crippen molar-refractivity contribution in [3.8, 4) is 0 Å². The largest absolute Gasteiger partial charge is 0.465 e. The molecule has 1 aliphatic heterocycles. The van der Waals surface area contributed by atoms with Crippen LogP contribution in [0.3, 0.4) is 0 Å². The zero-order chi connectivity index (χ0) is 20.6. The van der Waals surface area contributed by atoms with E-state index in [0.29, 0.717) is 35.5 Å². The Kier molecular flexibility index (Phi) is 5.16. The van der Waals surface area contributed by atoms with Crippen LogP contribution in [-0.4, -0.2) is 40.2 Å². The lowest BCUT2D eigenvalue weighted by molar-refractivity contribution is 0.0599. The van der Waals surface area contributed by atoms with Crippen molar-refractivity contribution in [2.24, 2.45) is 0 Å². The average molecular weight is 402 g/mol. The van der Waals surface area contributed by atoms with Crippen molar-refractivity contribution in [2.75, 3.05) is 29.5 Å². The molecular formula is C20H22N2O5S. The van der Waals surface area contributed by atoms with Crippen LogP contribution in [0, 0.1) is 13.8 Å². The predicted octanol–water partition coefficient (Wildman–Crippen LogP) is 2.66. The van der Waals surface area contributed by atoms with E-state index in [1.807, 2.05) is 13.8 Å². The van der Waals surface area contributed by atoms with E-state index in [1.165, 1.54) is 17.7 Å². The molecule has 0 atom stereocenters. The first-order valence-electron chi connectivity index (χ1n) is 8.73. The molecule has 1 amide bonds. The highest BCUT2D eigenvalue weighted by Crippen LogP contribution is 2.31. The molecule has 0 saturated heterocycles. The molecule has 1 aliphatic rings. The number of amides is 1. The maximum Gasteiger partial charge on any atom is 0.338 e. The minimum atomic E-state index is -3.33. The molecule has 1 N–H and O–H groups in total. The summed E-state index contributed by atoms with van der Waals surface area (Å²) < 4.78 is 29.8. The van der Waals surface area contributed by atoms with Crippen molar-refractivity contribution in [1.29, 1.82) is 0 Å². The molecule has 1 heterocycles. The second kappa shape index (κ2) is 7.27. The van der Waals surface area contributed by atoms with Gasteiger partial charge in [-0.3, -0.25) is 9.10 Å². The molecule has 0 spiro atoms. The summed E-state index contributed by atoms with van der Waals surface area (Å²) in [7, 11) is -2.02. The summed E-state index contributed by atoms with van der Waals surface area (Å²) in [6, 6.07) is 8.33. The number of esters is 1. The quantitative estimate of drug-likeness (QED) is 0.794. The number of ether oxygens (including phenoxy) is 1. The number of methoxy groups -OCH3 is 1. The fourth-order valence-electron chi connectivity index (χ4n) is 3.31. The molecule has 0 bridgehead atoms. The number of carbonyl (C=O) groups is 2. The van der Waals surface area contributed by atoms with Crippen LogP contribution >= 0.6 is 0 Å².